The first-order valence-corrected chi connectivity index (χ1v) is 26.3. The molecule has 69 heavy (non-hydrogen) atoms. The molecule has 0 aromatic carbocycles. The van der Waals surface area contributed by atoms with Crippen molar-refractivity contribution >= 4 is 17.9 Å². The number of nitrogens with zero attached hydrogens (tertiary/aromatic N) is 1. The molecular weight excluding hydrogens is 863 g/mol. The van der Waals surface area contributed by atoms with Gasteiger partial charge in [-0.05, 0) is 109 Å². The maximum atomic E-state index is 12.8. The van der Waals surface area contributed by atoms with Gasteiger partial charge in [0.05, 0.1) is 34.4 Å². The quantitative estimate of drug-likeness (QED) is 0.0211. The van der Waals surface area contributed by atoms with Gasteiger partial charge in [0.15, 0.2) is 6.10 Å². The van der Waals surface area contributed by atoms with E-state index in [2.05, 4.69) is 148 Å². The van der Waals surface area contributed by atoms with Crippen LogP contribution < -0.4 is 0 Å². The van der Waals surface area contributed by atoms with Crippen LogP contribution in [0.25, 0.3) is 0 Å². The van der Waals surface area contributed by atoms with E-state index >= 15 is 0 Å². The molecule has 0 heterocycles. The number of esters is 2. The third kappa shape index (κ3) is 51.1. The number of hydrogen-bond acceptors (Lipinski definition) is 7. The van der Waals surface area contributed by atoms with Crippen LogP contribution in [0.2, 0.25) is 0 Å². The second-order valence-corrected chi connectivity index (χ2v) is 18.1. The van der Waals surface area contributed by atoms with Crippen LogP contribution in [0, 0.1) is 0 Å². The summed E-state index contributed by atoms with van der Waals surface area (Å²) in [5.41, 5.74) is 0. The Balaban J connectivity index is 4.37. The van der Waals surface area contributed by atoms with E-state index in [4.69, 9.17) is 18.9 Å². The lowest BCUT2D eigenvalue weighted by molar-refractivity contribution is -0.870. The van der Waals surface area contributed by atoms with Crippen LogP contribution in [0.1, 0.15) is 168 Å². The van der Waals surface area contributed by atoms with Crippen LogP contribution in [0.3, 0.4) is 0 Å². The number of unbranched alkanes of at least 4 members (excludes halogenated alkanes) is 9. The van der Waals surface area contributed by atoms with Gasteiger partial charge in [-0.3, -0.25) is 9.59 Å². The average Bonchev–Trinajstić information content (AvgIpc) is 3.31. The Bertz CT molecular complexity index is 1590. The summed E-state index contributed by atoms with van der Waals surface area (Å²) in [6.07, 6.45) is 68.2. The van der Waals surface area contributed by atoms with Crippen LogP contribution >= 0.6 is 0 Å². The highest BCUT2D eigenvalue weighted by molar-refractivity contribution is 5.71. The zero-order valence-electron chi connectivity index (χ0n) is 43.9. The van der Waals surface area contributed by atoms with Crippen LogP contribution in [0.5, 0.6) is 0 Å². The number of carbonyl (C=O) groups excluding carboxylic acids is 2. The van der Waals surface area contributed by atoms with E-state index in [1.54, 1.807) is 0 Å². The van der Waals surface area contributed by atoms with E-state index in [1.165, 1.54) is 12.8 Å². The molecule has 0 spiro atoms. The Morgan fingerprint density at radius 3 is 1.28 bits per heavy atom. The SMILES string of the molecule is CC/C=C\C/C=C\C/C=C\C/C=C\C/C=C\C/C=C\C/C=C\C/C=C\C/C=C\C/C=C\CCCCC(=O)OC(COC(=O)CCCCCCC/C=C\CCCC)COC(OCC[N+](C)(C)C)C(=O)O. The van der Waals surface area contributed by atoms with Gasteiger partial charge in [0.2, 0.25) is 0 Å². The number of carboxylic acids is 1. The Labute approximate surface area is 420 Å². The topological polar surface area (TPSA) is 108 Å². The third-order valence-corrected chi connectivity index (χ3v) is 10.4. The summed E-state index contributed by atoms with van der Waals surface area (Å²) in [7, 11) is 5.93. The lowest BCUT2D eigenvalue weighted by atomic mass is 10.1. The molecule has 0 radical (unpaired) electrons. The standard InChI is InChI=1S/C60H95NO8/c1-6-8-10-12-14-16-18-19-20-21-22-23-24-25-26-27-28-29-30-31-32-33-34-35-36-37-38-39-41-43-45-47-49-51-58(63)69-56(55-68-60(59(64)65)66-53-52-61(3,4)5)54-67-57(62)50-48-46-44-42-40-17-15-13-11-9-7-2/h8,10,13-16,19-20,22-23,25-26,28-29,31-32,34-35,37-38,41,43,56,60H,6-7,9,11-12,17-18,21,24,27,30,33,36,39-40,42,44-55H2,1-5H3/p+1/b10-8-,15-13-,16-14-,20-19-,23-22-,26-25-,29-28-,32-31-,35-34-,38-37-,43-41-. The number of likely N-dealkylation sites (N-methyl/N-ethyl adjacent to an activating group) is 1. The largest absolute Gasteiger partial charge is 0.477 e. The van der Waals surface area contributed by atoms with Gasteiger partial charge < -0.3 is 28.5 Å². The van der Waals surface area contributed by atoms with Gasteiger partial charge in [0.1, 0.15) is 13.2 Å². The first-order chi connectivity index (χ1) is 33.6. The molecule has 9 heteroatoms. The summed E-state index contributed by atoms with van der Waals surface area (Å²) in [4.78, 5) is 37.2. The highest BCUT2D eigenvalue weighted by Crippen LogP contribution is 2.11. The van der Waals surface area contributed by atoms with Gasteiger partial charge in [-0.1, -0.05) is 180 Å². The van der Waals surface area contributed by atoms with Gasteiger partial charge in [0, 0.05) is 12.8 Å². The first-order valence-electron chi connectivity index (χ1n) is 26.3. The Hall–Kier alpha value is -4.57. The highest BCUT2D eigenvalue weighted by Gasteiger charge is 2.25. The Morgan fingerprint density at radius 2 is 0.826 bits per heavy atom. The van der Waals surface area contributed by atoms with Crippen molar-refractivity contribution in [2.45, 2.75) is 180 Å². The maximum absolute atomic E-state index is 12.8. The summed E-state index contributed by atoms with van der Waals surface area (Å²) in [5, 5.41) is 9.65. The molecule has 0 aliphatic carbocycles. The van der Waals surface area contributed by atoms with Crippen molar-refractivity contribution in [3.8, 4) is 0 Å². The van der Waals surface area contributed by atoms with Crippen LogP contribution in [0.15, 0.2) is 134 Å². The number of carboxylic acid groups (broad SMARTS) is 1. The number of hydrogen-bond donors (Lipinski definition) is 1. The van der Waals surface area contributed by atoms with Crippen molar-refractivity contribution in [2.24, 2.45) is 0 Å². The summed E-state index contributed by atoms with van der Waals surface area (Å²) < 4.78 is 22.7. The minimum absolute atomic E-state index is 0.170. The molecule has 0 aromatic rings. The molecule has 0 saturated heterocycles. The van der Waals surface area contributed by atoms with Gasteiger partial charge in [0.25, 0.3) is 6.29 Å². The molecule has 2 atom stereocenters. The average molecular weight is 959 g/mol. The van der Waals surface area contributed by atoms with Crippen molar-refractivity contribution < 1.29 is 42.9 Å². The number of allylic oxidation sites excluding steroid dienone is 22. The van der Waals surface area contributed by atoms with E-state index in [-0.39, 0.29) is 38.6 Å². The van der Waals surface area contributed by atoms with Crippen molar-refractivity contribution in [1.29, 1.82) is 0 Å². The fraction of sp³-hybridized carbons (Fsp3) is 0.583. The number of ether oxygens (including phenoxy) is 4. The summed E-state index contributed by atoms with van der Waals surface area (Å²) >= 11 is 0. The summed E-state index contributed by atoms with van der Waals surface area (Å²) in [6.45, 7) is 4.62. The van der Waals surface area contributed by atoms with Crippen LogP contribution in [-0.4, -0.2) is 87.4 Å². The molecule has 0 saturated carbocycles. The Morgan fingerprint density at radius 1 is 0.449 bits per heavy atom. The van der Waals surface area contributed by atoms with Crippen molar-refractivity contribution in [3.05, 3.63) is 134 Å². The molecule has 0 aliphatic rings. The minimum Gasteiger partial charge on any atom is -0.477 e. The van der Waals surface area contributed by atoms with Gasteiger partial charge >= 0.3 is 17.9 Å². The van der Waals surface area contributed by atoms with Crippen molar-refractivity contribution in [3.63, 3.8) is 0 Å². The van der Waals surface area contributed by atoms with E-state index in [9.17, 15) is 19.5 Å². The van der Waals surface area contributed by atoms with E-state index in [1.807, 2.05) is 21.1 Å². The number of aliphatic carboxylic acids is 1. The fourth-order valence-corrected chi connectivity index (χ4v) is 6.31. The van der Waals surface area contributed by atoms with E-state index in [0.29, 0.717) is 17.4 Å². The molecule has 0 amide bonds. The molecule has 388 valence electrons. The van der Waals surface area contributed by atoms with Crippen LogP contribution in [0.4, 0.5) is 0 Å². The normalized spacial score (nSPS) is 13.9. The van der Waals surface area contributed by atoms with Gasteiger partial charge in [-0.2, -0.15) is 0 Å². The maximum Gasteiger partial charge on any atom is 0.361 e. The molecular formula is C60H96NO8+. The molecule has 9 nitrogen and oxygen atoms in total. The molecule has 1 N–H and O–H groups in total. The molecule has 2 unspecified atom stereocenters. The number of quaternary nitrogens is 1. The highest BCUT2D eigenvalue weighted by atomic mass is 16.7. The predicted molar refractivity (Wildman–Crippen MR) is 290 cm³/mol. The first kappa shape index (κ1) is 64.4. The molecule has 0 bridgehead atoms. The lowest BCUT2D eigenvalue weighted by Gasteiger charge is -2.25. The van der Waals surface area contributed by atoms with Gasteiger partial charge in [-0.15, -0.1) is 0 Å². The van der Waals surface area contributed by atoms with E-state index in [0.717, 1.165) is 122 Å². The second kappa shape index (κ2) is 49.8. The third-order valence-electron chi connectivity index (χ3n) is 10.4. The number of rotatable bonds is 46. The lowest BCUT2D eigenvalue weighted by Crippen LogP contribution is -2.40. The molecule has 0 rings (SSSR count). The summed E-state index contributed by atoms with van der Waals surface area (Å²) in [5.74, 6) is -2.10. The van der Waals surface area contributed by atoms with Crippen molar-refractivity contribution in [2.75, 3.05) is 47.5 Å². The zero-order valence-corrected chi connectivity index (χ0v) is 43.9. The predicted octanol–water partition coefficient (Wildman–Crippen LogP) is 15.1. The summed E-state index contributed by atoms with van der Waals surface area (Å²) in [6, 6.07) is 0. The second-order valence-electron chi connectivity index (χ2n) is 18.1. The monoisotopic (exact) mass is 959 g/mol. The Kier molecular flexibility index (Phi) is 46.5. The van der Waals surface area contributed by atoms with Crippen LogP contribution in [-0.2, 0) is 33.3 Å². The molecule has 0 aliphatic heterocycles. The fourth-order valence-electron chi connectivity index (χ4n) is 6.31. The van der Waals surface area contributed by atoms with E-state index < -0.39 is 24.3 Å². The smallest absolute Gasteiger partial charge is 0.361 e. The molecule has 0 fully saturated rings. The molecule has 0 aromatic heterocycles. The van der Waals surface area contributed by atoms with Gasteiger partial charge in [-0.25, -0.2) is 4.79 Å². The zero-order chi connectivity index (χ0) is 50.6. The minimum atomic E-state index is -1.53. The van der Waals surface area contributed by atoms with Crippen molar-refractivity contribution in [1.82, 2.24) is 0 Å². The number of carbonyl (C=O) groups is 3.